The molecule has 3 aromatic rings. The third-order valence-electron chi connectivity index (χ3n) is 6.05. The van der Waals surface area contributed by atoms with E-state index >= 15 is 0 Å². The van der Waals surface area contributed by atoms with Crippen LogP contribution in [0.4, 0.5) is 5.69 Å². The lowest BCUT2D eigenvalue weighted by Crippen LogP contribution is -2.21. The second kappa shape index (κ2) is 12.1. The lowest BCUT2D eigenvalue weighted by Gasteiger charge is -2.13. The van der Waals surface area contributed by atoms with Crippen LogP contribution in [-0.4, -0.2) is 49.5 Å². The maximum Gasteiger partial charge on any atom is 0.255 e. The number of amides is 1. The standard InChI is InChI=1S/C28H35N3O4/c1-19(2)33-14-12-29-16-21-15-23-8-11-26(20(3)27(23)30-17-21)31-28(32)22-6-9-24(10-7-22)35-18-25-5-4-13-34-25/h6-11,15,17,19,25,29H,4-5,12-14,16,18H2,1-3H3,(H,31,32)/t25-/m0/s1. The van der Waals surface area contributed by atoms with Crippen LogP contribution in [-0.2, 0) is 16.0 Å². The fourth-order valence-electron chi connectivity index (χ4n) is 4.09. The molecular weight excluding hydrogens is 442 g/mol. The number of ether oxygens (including phenoxy) is 3. The first-order valence-electron chi connectivity index (χ1n) is 12.4. The van der Waals surface area contributed by atoms with Gasteiger partial charge in [-0.3, -0.25) is 9.78 Å². The van der Waals surface area contributed by atoms with Gasteiger partial charge in [-0.2, -0.15) is 0 Å². The number of anilines is 1. The molecule has 1 aromatic heterocycles. The molecule has 0 spiro atoms. The molecule has 0 bridgehead atoms. The molecule has 1 saturated heterocycles. The van der Waals surface area contributed by atoms with Gasteiger partial charge in [0.1, 0.15) is 12.4 Å². The second-order valence-electron chi connectivity index (χ2n) is 9.17. The summed E-state index contributed by atoms with van der Waals surface area (Å²) in [5.41, 5.74) is 4.26. The third-order valence-corrected chi connectivity index (χ3v) is 6.05. The quantitative estimate of drug-likeness (QED) is 0.384. The van der Waals surface area contributed by atoms with E-state index < -0.39 is 0 Å². The van der Waals surface area contributed by atoms with Gasteiger partial charge >= 0.3 is 0 Å². The first kappa shape index (κ1) is 25.1. The summed E-state index contributed by atoms with van der Waals surface area (Å²) >= 11 is 0. The number of pyridine rings is 1. The summed E-state index contributed by atoms with van der Waals surface area (Å²) in [4.78, 5) is 17.5. The van der Waals surface area contributed by atoms with Crippen LogP contribution in [0.1, 0.15) is 48.2 Å². The van der Waals surface area contributed by atoms with Gasteiger partial charge in [-0.25, -0.2) is 0 Å². The summed E-state index contributed by atoms with van der Waals surface area (Å²) < 4.78 is 16.9. The van der Waals surface area contributed by atoms with Crippen molar-refractivity contribution in [2.24, 2.45) is 0 Å². The molecule has 0 saturated carbocycles. The minimum atomic E-state index is -0.164. The van der Waals surface area contributed by atoms with Crippen LogP contribution in [0.15, 0.2) is 48.7 Å². The highest BCUT2D eigenvalue weighted by Crippen LogP contribution is 2.25. The minimum Gasteiger partial charge on any atom is -0.491 e. The molecule has 35 heavy (non-hydrogen) atoms. The van der Waals surface area contributed by atoms with Crippen LogP contribution in [0, 0.1) is 6.92 Å². The van der Waals surface area contributed by atoms with Crippen molar-refractivity contribution in [3.8, 4) is 5.75 Å². The molecule has 4 rings (SSSR count). The molecule has 1 fully saturated rings. The van der Waals surface area contributed by atoms with Gasteiger partial charge in [0.2, 0.25) is 0 Å². The molecule has 1 aliphatic rings. The third kappa shape index (κ3) is 7.01. The van der Waals surface area contributed by atoms with E-state index in [0.717, 1.165) is 66.0 Å². The highest BCUT2D eigenvalue weighted by atomic mass is 16.5. The fourth-order valence-corrected chi connectivity index (χ4v) is 4.09. The van der Waals surface area contributed by atoms with Crippen LogP contribution >= 0.6 is 0 Å². The van der Waals surface area contributed by atoms with Crippen molar-refractivity contribution in [3.63, 3.8) is 0 Å². The van der Waals surface area contributed by atoms with E-state index in [1.807, 2.05) is 51.2 Å². The number of aryl methyl sites for hydroxylation is 1. The van der Waals surface area contributed by atoms with Gasteiger partial charge < -0.3 is 24.8 Å². The molecule has 2 heterocycles. The number of carbonyl (C=O) groups excluding carboxylic acids is 1. The van der Waals surface area contributed by atoms with Gasteiger partial charge in [0, 0.05) is 42.5 Å². The summed E-state index contributed by atoms with van der Waals surface area (Å²) in [5.74, 6) is 0.573. The number of hydrogen-bond donors (Lipinski definition) is 2. The van der Waals surface area contributed by atoms with Crippen molar-refractivity contribution in [2.75, 3.05) is 31.7 Å². The average Bonchev–Trinajstić information content (AvgIpc) is 3.38. The van der Waals surface area contributed by atoms with E-state index in [2.05, 4.69) is 21.7 Å². The predicted octanol–water partition coefficient (Wildman–Crippen LogP) is 4.87. The molecular formula is C28H35N3O4. The first-order valence-corrected chi connectivity index (χ1v) is 12.4. The van der Waals surface area contributed by atoms with Gasteiger partial charge in [0.05, 0.1) is 24.3 Å². The predicted molar refractivity (Wildman–Crippen MR) is 138 cm³/mol. The molecule has 186 valence electrons. The normalized spacial score (nSPS) is 15.6. The number of benzene rings is 2. The number of hydrogen-bond acceptors (Lipinski definition) is 6. The average molecular weight is 478 g/mol. The molecule has 7 nitrogen and oxygen atoms in total. The zero-order chi connectivity index (χ0) is 24.6. The number of nitrogens with zero attached hydrogens (tertiary/aromatic N) is 1. The number of nitrogens with one attached hydrogen (secondary N) is 2. The number of fused-ring (bicyclic) bond motifs is 1. The Morgan fingerprint density at radius 1 is 1.20 bits per heavy atom. The molecule has 0 aliphatic carbocycles. The number of rotatable bonds is 11. The van der Waals surface area contributed by atoms with Crippen molar-refractivity contribution >= 4 is 22.5 Å². The Kier molecular flexibility index (Phi) is 8.69. The lowest BCUT2D eigenvalue weighted by molar-refractivity contribution is 0.0679. The topological polar surface area (TPSA) is 81.7 Å². The highest BCUT2D eigenvalue weighted by molar-refractivity contribution is 6.06. The van der Waals surface area contributed by atoms with E-state index in [4.69, 9.17) is 14.2 Å². The van der Waals surface area contributed by atoms with Gasteiger partial charge in [-0.15, -0.1) is 0 Å². The highest BCUT2D eigenvalue weighted by Gasteiger charge is 2.16. The largest absolute Gasteiger partial charge is 0.491 e. The van der Waals surface area contributed by atoms with Crippen LogP contribution in [0.2, 0.25) is 0 Å². The molecule has 1 atom stereocenters. The molecule has 1 aliphatic heterocycles. The minimum absolute atomic E-state index is 0.164. The molecule has 1 amide bonds. The zero-order valence-corrected chi connectivity index (χ0v) is 20.8. The number of carbonyl (C=O) groups is 1. The summed E-state index contributed by atoms with van der Waals surface area (Å²) in [6.45, 7) is 9.61. The van der Waals surface area contributed by atoms with Crippen LogP contribution in [0.3, 0.4) is 0 Å². The molecule has 2 N–H and O–H groups in total. The maximum atomic E-state index is 12.8. The van der Waals surface area contributed by atoms with E-state index in [0.29, 0.717) is 18.8 Å². The Hall–Kier alpha value is -3.00. The Morgan fingerprint density at radius 2 is 2.03 bits per heavy atom. The van der Waals surface area contributed by atoms with Crippen molar-refractivity contribution in [1.29, 1.82) is 0 Å². The lowest BCUT2D eigenvalue weighted by atomic mass is 10.1. The Bertz CT molecular complexity index is 1130. The van der Waals surface area contributed by atoms with Gasteiger partial charge in [-0.05, 0) is 81.1 Å². The van der Waals surface area contributed by atoms with E-state index in [9.17, 15) is 4.79 Å². The monoisotopic (exact) mass is 477 g/mol. The molecule has 7 heteroatoms. The Labute approximate surface area is 207 Å². The van der Waals surface area contributed by atoms with Gasteiger partial charge in [0.15, 0.2) is 0 Å². The van der Waals surface area contributed by atoms with E-state index in [-0.39, 0.29) is 18.1 Å². The van der Waals surface area contributed by atoms with E-state index in [1.54, 1.807) is 12.1 Å². The number of aromatic nitrogens is 1. The summed E-state index contributed by atoms with van der Waals surface area (Å²) in [6, 6.07) is 13.3. The van der Waals surface area contributed by atoms with Crippen molar-refractivity contribution in [1.82, 2.24) is 10.3 Å². The van der Waals surface area contributed by atoms with Crippen LogP contribution < -0.4 is 15.4 Å². The molecule has 2 aromatic carbocycles. The van der Waals surface area contributed by atoms with Gasteiger partial charge in [-0.1, -0.05) is 6.07 Å². The Balaban J connectivity index is 1.34. The SMILES string of the molecule is Cc1c(NC(=O)c2ccc(OC[C@@H]3CCCO3)cc2)ccc2cc(CNCCOC(C)C)cnc12. The van der Waals surface area contributed by atoms with Crippen molar-refractivity contribution < 1.29 is 19.0 Å². The second-order valence-corrected chi connectivity index (χ2v) is 9.17. The van der Waals surface area contributed by atoms with Crippen molar-refractivity contribution in [2.45, 2.75) is 52.4 Å². The maximum absolute atomic E-state index is 12.8. The smallest absolute Gasteiger partial charge is 0.255 e. The zero-order valence-electron chi connectivity index (χ0n) is 20.8. The van der Waals surface area contributed by atoms with Gasteiger partial charge in [0.25, 0.3) is 5.91 Å². The summed E-state index contributed by atoms with van der Waals surface area (Å²) in [6.07, 6.45) is 4.41. The Morgan fingerprint density at radius 3 is 2.77 bits per heavy atom. The van der Waals surface area contributed by atoms with Crippen molar-refractivity contribution in [3.05, 3.63) is 65.4 Å². The van der Waals surface area contributed by atoms with Crippen LogP contribution in [0.5, 0.6) is 5.75 Å². The summed E-state index contributed by atoms with van der Waals surface area (Å²) in [5, 5.41) is 7.45. The molecule has 0 unspecified atom stereocenters. The summed E-state index contributed by atoms with van der Waals surface area (Å²) in [7, 11) is 0. The fraction of sp³-hybridized carbons (Fsp3) is 0.429. The first-order chi connectivity index (χ1) is 17.0. The van der Waals surface area contributed by atoms with Crippen LogP contribution in [0.25, 0.3) is 10.9 Å². The van der Waals surface area contributed by atoms with E-state index in [1.165, 1.54) is 0 Å². The molecule has 0 radical (unpaired) electrons.